The molecule has 128 valence electrons. The number of hydrogen-bond donors (Lipinski definition) is 3. The van der Waals surface area contributed by atoms with E-state index in [0.29, 0.717) is 23.8 Å². The van der Waals surface area contributed by atoms with E-state index in [9.17, 15) is 9.59 Å². The van der Waals surface area contributed by atoms with Crippen LogP contribution >= 0.6 is 11.6 Å². The van der Waals surface area contributed by atoms with E-state index in [1.165, 1.54) is 0 Å². The van der Waals surface area contributed by atoms with Crippen LogP contribution in [0.3, 0.4) is 0 Å². The van der Waals surface area contributed by atoms with Crippen molar-refractivity contribution in [3.8, 4) is 0 Å². The number of fused-ring (bicyclic) bond motifs is 1. The number of amides is 3. The summed E-state index contributed by atoms with van der Waals surface area (Å²) < 4.78 is 0. The van der Waals surface area contributed by atoms with Crippen molar-refractivity contribution in [3.63, 3.8) is 0 Å². The largest absolute Gasteiger partial charge is 0.351 e. The summed E-state index contributed by atoms with van der Waals surface area (Å²) in [5, 5.41) is 7.28. The van der Waals surface area contributed by atoms with Crippen molar-refractivity contribution in [2.24, 2.45) is 0 Å². The fourth-order valence-corrected chi connectivity index (χ4v) is 3.22. The second kappa shape index (κ2) is 7.13. The van der Waals surface area contributed by atoms with E-state index < -0.39 is 0 Å². The Bertz CT molecular complexity index is 771. The van der Waals surface area contributed by atoms with Crippen LogP contribution in [0.2, 0.25) is 5.02 Å². The Morgan fingerprint density at radius 1 is 1.42 bits per heavy atom. The summed E-state index contributed by atoms with van der Waals surface area (Å²) in [6, 6.07) is 5.59. The zero-order valence-electron chi connectivity index (χ0n) is 13.6. The fourth-order valence-electron chi connectivity index (χ4n) is 3.00. The van der Waals surface area contributed by atoms with Crippen molar-refractivity contribution < 1.29 is 9.59 Å². The molecule has 3 rings (SSSR count). The van der Waals surface area contributed by atoms with E-state index in [-0.39, 0.29) is 11.9 Å². The van der Waals surface area contributed by atoms with Crippen molar-refractivity contribution in [3.05, 3.63) is 34.5 Å². The standard InChI is InChI=1S/C17H21ClN4O2/c1-11-12-5-2-6-13(18)15(12)21-14(11)16(23)19-7-3-9-22-10-4-8-20-17(22)24/h2,5-6,21H,3-4,7-10H2,1H3,(H,19,23)(H,20,24). The molecule has 0 unspecified atom stereocenters. The minimum absolute atomic E-state index is 0.0197. The van der Waals surface area contributed by atoms with Gasteiger partial charge in [-0.15, -0.1) is 0 Å². The van der Waals surface area contributed by atoms with Gasteiger partial charge in [0.2, 0.25) is 0 Å². The summed E-state index contributed by atoms with van der Waals surface area (Å²) in [7, 11) is 0. The lowest BCUT2D eigenvalue weighted by molar-refractivity contribution is 0.0947. The third kappa shape index (κ3) is 3.33. The number of halogens is 1. The topological polar surface area (TPSA) is 77.2 Å². The third-order valence-corrected chi connectivity index (χ3v) is 4.64. The summed E-state index contributed by atoms with van der Waals surface area (Å²) >= 11 is 6.17. The van der Waals surface area contributed by atoms with Gasteiger partial charge in [-0.1, -0.05) is 23.7 Å². The molecule has 2 aromatic rings. The Balaban J connectivity index is 1.56. The predicted molar refractivity (Wildman–Crippen MR) is 94.6 cm³/mol. The van der Waals surface area contributed by atoms with Gasteiger partial charge in [-0.2, -0.15) is 0 Å². The van der Waals surface area contributed by atoms with Crippen LogP contribution < -0.4 is 10.6 Å². The molecule has 6 nitrogen and oxygen atoms in total. The number of para-hydroxylation sites is 1. The first-order valence-electron chi connectivity index (χ1n) is 8.15. The minimum atomic E-state index is -0.150. The number of nitrogens with zero attached hydrogens (tertiary/aromatic N) is 1. The minimum Gasteiger partial charge on any atom is -0.351 e. The van der Waals surface area contributed by atoms with E-state index >= 15 is 0 Å². The number of carbonyl (C=O) groups is 2. The van der Waals surface area contributed by atoms with Gasteiger partial charge in [0.05, 0.1) is 10.5 Å². The molecule has 0 bridgehead atoms. The second-order valence-electron chi connectivity index (χ2n) is 5.97. The van der Waals surface area contributed by atoms with Gasteiger partial charge in [0.15, 0.2) is 0 Å². The summed E-state index contributed by atoms with van der Waals surface area (Å²) in [4.78, 5) is 28.9. The number of hydrogen-bond acceptors (Lipinski definition) is 2. The van der Waals surface area contributed by atoms with Gasteiger partial charge in [0.1, 0.15) is 5.69 Å². The molecule has 3 N–H and O–H groups in total. The summed E-state index contributed by atoms with van der Waals surface area (Å²) in [5.74, 6) is -0.150. The molecular weight excluding hydrogens is 328 g/mol. The van der Waals surface area contributed by atoms with Gasteiger partial charge in [-0.05, 0) is 31.4 Å². The lowest BCUT2D eigenvalue weighted by atomic mass is 10.1. The van der Waals surface area contributed by atoms with E-state index in [4.69, 9.17) is 11.6 Å². The molecule has 1 aliphatic heterocycles. The van der Waals surface area contributed by atoms with Gasteiger partial charge in [0, 0.05) is 31.6 Å². The van der Waals surface area contributed by atoms with Gasteiger partial charge >= 0.3 is 6.03 Å². The van der Waals surface area contributed by atoms with Gasteiger partial charge in [0.25, 0.3) is 5.91 Å². The monoisotopic (exact) mass is 348 g/mol. The van der Waals surface area contributed by atoms with Crippen LogP contribution in [0.5, 0.6) is 0 Å². The van der Waals surface area contributed by atoms with Crippen LogP contribution in [0.25, 0.3) is 10.9 Å². The zero-order chi connectivity index (χ0) is 17.1. The van der Waals surface area contributed by atoms with E-state index in [2.05, 4.69) is 15.6 Å². The maximum absolute atomic E-state index is 12.4. The van der Waals surface area contributed by atoms with Gasteiger partial charge in [-0.3, -0.25) is 4.79 Å². The smallest absolute Gasteiger partial charge is 0.317 e. The number of rotatable bonds is 5. The number of carbonyl (C=O) groups excluding carboxylic acids is 2. The first-order valence-corrected chi connectivity index (χ1v) is 8.53. The molecule has 0 aliphatic carbocycles. The highest BCUT2D eigenvalue weighted by molar-refractivity contribution is 6.35. The van der Waals surface area contributed by atoms with Crippen molar-refractivity contribution in [2.45, 2.75) is 19.8 Å². The maximum atomic E-state index is 12.4. The first-order chi connectivity index (χ1) is 11.6. The molecular formula is C17H21ClN4O2. The predicted octanol–water partition coefficient (Wildman–Crippen LogP) is 2.66. The van der Waals surface area contributed by atoms with E-state index in [1.807, 2.05) is 19.1 Å². The Kier molecular flexibility index (Phi) is 4.94. The Labute approximate surface area is 145 Å². The molecule has 1 aromatic heterocycles. The Morgan fingerprint density at radius 3 is 3.00 bits per heavy atom. The molecule has 1 saturated heterocycles. The van der Waals surface area contributed by atoms with Crippen molar-refractivity contribution in [1.29, 1.82) is 0 Å². The van der Waals surface area contributed by atoms with Crippen molar-refractivity contribution >= 4 is 34.4 Å². The lowest BCUT2D eigenvalue weighted by Crippen LogP contribution is -2.47. The third-order valence-electron chi connectivity index (χ3n) is 4.33. The average Bonchev–Trinajstić information content (AvgIpc) is 2.92. The lowest BCUT2D eigenvalue weighted by Gasteiger charge is -2.27. The number of aromatic amines is 1. The highest BCUT2D eigenvalue weighted by Crippen LogP contribution is 2.27. The van der Waals surface area contributed by atoms with E-state index in [1.54, 1.807) is 11.0 Å². The second-order valence-corrected chi connectivity index (χ2v) is 6.38. The van der Waals surface area contributed by atoms with Gasteiger partial charge < -0.3 is 20.5 Å². The summed E-state index contributed by atoms with van der Waals surface area (Å²) in [6.45, 7) is 4.59. The average molecular weight is 349 g/mol. The molecule has 7 heteroatoms. The molecule has 0 atom stereocenters. The molecule has 2 heterocycles. The highest BCUT2D eigenvalue weighted by Gasteiger charge is 2.18. The molecule has 1 aliphatic rings. The van der Waals surface area contributed by atoms with Crippen LogP contribution in [-0.2, 0) is 0 Å². The van der Waals surface area contributed by atoms with Crippen LogP contribution in [0.4, 0.5) is 4.79 Å². The number of aryl methyl sites for hydroxylation is 1. The molecule has 0 radical (unpaired) electrons. The van der Waals surface area contributed by atoms with Crippen LogP contribution in [0, 0.1) is 6.92 Å². The number of benzene rings is 1. The van der Waals surface area contributed by atoms with Gasteiger partial charge in [-0.25, -0.2) is 4.79 Å². The van der Waals surface area contributed by atoms with Crippen molar-refractivity contribution in [1.82, 2.24) is 20.5 Å². The van der Waals surface area contributed by atoms with Crippen LogP contribution in [0.15, 0.2) is 18.2 Å². The molecule has 0 saturated carbocycles. The number of aromatic nitrogens is 1. The van der Waals surface area contributed by atoms with Crippen LogP contribution in [0.1, 0.15) is 28.9 Å². The number of H-pyrrole nitrogens is 1. The molecule has 1 fully saturated rings. The summed E-state index contributed by atoms with van der Waals surface area (Å²) in [6.07, 6.45) is 1.69. The molecule has 3 amide bonds. The molecule has 1 aromatic carbocycles. The zero-order valence-corrected chi connectivity index (χ0v) is 14.4. The quantitative estimate of drug-likeness (QED) is 0.726. The number of nitrogens with one attached hydrogen (secondary N) is 3. The Morgan fingerprint density at radius 2 is 2.25 bits per heavy atom. The Hall–Kier alpha value is -2.21. The SMILES string of the molecule is Cc1c(C(=O)NCCCN2CCCNC2=O)[nH]c2c(Cl)cccc12. The molecule has 24 heavy (non-hydrogen) atoms. The fraction of sp³-hybridized carbons (Fsp3) is 0.412. The first kappa shape index (κ1) is 16.6. The summed E-state index contributed by atoms with van der Waals surface area (Å²) in [5.41, 5.74) is 2.21. The van der Waals surface area contributed by atoms with Crippen molar-refractivity contribution in [2.75, 3.05) is 26.2 Å². The van der Waals surface area contributed by atoms with E-state index in [0.717, 1.165) is 42.4 Å². The number of urea groups is 1. The normalized spacial score (nSPS) is 14.8. The van der Waals surface area contributed by atoms with Crippen LogP contribution in [-0.4, -0.2) is 48.0 Å². The maximum Gasteiger partial charge on any atom is 0.317 e. The molecule has 0 spiro atoms. The highest BCUT2D eigenvalue weighted by atomic mass is 35.5.